The Bertz CT molecular complexity index is 988. The molecule has 0 saturated carbocycles. The van der Waals surface area contributed by atoms with Crippen molar-refractivity contribution >= 4 is 34.1 Å². The molecule has 0 radical (unpaired) electrons. The maximum atomic E-state index is 13.2. The van der Waals surface area contributed by atoms with E-state index in [2.05, 4.69) is 15.5 Å². The van der Waals surface area contributed by atoms with Gasteiger partial charge in [0.1, 0.15) is 11.8 Å². The zero-order valence-electron chi connectivity index (χ0n) is 20.8. The van der Waals surface area contributed by atoms with E-state index < -0.39 is 6.04 Å². The summed E-state index contributed by atoms with van der Waals surface area (Å²) in [5, 5.41) is 8.21. The van der Waals surface area contributed by atoms with Gasteiger partial charge in [0.2, 0.25) is 11.8 Å². The molecule has 2 aromatic rings. The standard InChI is InChI=1S/C28H39N3O3/c1-20(2)26(32)14-6-4-5-13-25(30-27(33)23-12-9-17-31(3)19-23)28(34)29-24-16-15-21-10-7-8-11-22(21)18-24/h7-8,10-11,15-16,18,20,23,25H,4-6,9,12-14,17,19H2,1-3H3,(H,29,34)(H,30,33)/t23?,25-/m0/s1. The van der Waals surface area contributed by atoms with Gasteiger partial charge in [-0.1, -0.05) is 57.0 Å². The smallest absolute Gasteiger partial charge is 0.246 e. The number of hydrogen-bond acceptors (Lipinski definition) is 4. The number of carbonyl (C=O) groups is 3. The van der Waals surface area contributed by atoms with Crippen LogP contribution in [0.3, 0.4) is 0 Å². The minimum atomic E-state index is -0.591. The highest BCUT2D eigenvalue weighted by atomic mass is 16.2. The van der Waals surface area contributed by atoms with Gasteiger partial charge in [0.15, 0.2) is 0 Å². The molecule has 6 heteroatoms. The summed E-state index contributed by atoms with van der Waals surface area (Å²) in [6.45, 7) is 5.58. The zero-order chi connectivity index (χ0) is 24.5. The minimum absolute atomic E-state index is 0.0415. The Labute approximate surface area is 203 Å². The van der Waals surface area contributed by atoms with Crippen LogP contribution in [0.25, 0.3) is 10.8 Å². The number of Topliss-reactive ketones (excluding diaryl/α,β-unsaturated/α-hetero) is 1. The third-order valence-corrected chi connectivity index (χ3v) is 6.71. The van der Waals surface area contributed by atoms with E-state index in [1.54, 1.807) is 0 Å². The maximum Gasteiger partial charge on any atom is 0.246 e. The van der Waals surface area contributed by atoms with Crippen molar-refractivity contribution in [3.63, 3.8) is 0 Å². The van der Waals surface area contributed by atoms with Gasteiger partial charge in [-0.05, 0) is 62.2 Å². The molecule has 2 N–H and O–H groups in total. The van der Waals surface area contributed by atoms with E-state index in [-0.39, 0.29) is 29.4 Å². The predicted octanol–water partition coefficient (Wildman–Crippen LogP) is 4.78. The van der Waals surface area contributed by atoms with Gasteiger partial charge in [0, 0.05) is 24.6 Å². The van der Waals surface area contributed by atoms with Gasteiger partial charge >= 0.3 is 0 Å². The highest BCUT2D eigenvalue weighted by Crippen LogP contribution is 2.20. The molecule has 2 atom stereocenters. The molecule has 1 heterocycles. The Morgan fingerprint density at radius 1 is 1.03 bits per heavy atom. The summed E-state index contributed by atoms with van der Waals surface area (Å²) in [5.41, 5.74) is 0.725. The van der Waals surface area contributed by atoms with Gasteiger partial charge in [-0.15, -0.1) is 0 Å². The second-order valence-corrected chi connectivity index (χ2v) is 9.93. The monoisotopic (exact) mass is 465 g/mol. The van der Waals surface area contributed by atoms with Crippen LogP contribution in [0.4, 0.5) is 5.69 Å². The van der Waals surface area contributed by atoms with Crippen molar-refractivity contribution in [3.8, 4) is 0 Å². The van der Waals surface area contributed by atoms with E-state index in [1.165, 1.54) is 0 Å². The zero-order valence-corrected chi connectivity index (χ0v) is 20.8. The van der Waals surface area contributed by atoms with E-state index in [0.717, 1.165) is 61.7 Å². The normalized spacial score (nSPS) is 17.5. The fourth-order valence-corrected chi connectivity index (χ4v) is 4.55. The van der Waals surface area contributed by atoms with Crippen LogP contribution < -0.4 is 10.6 Å². The molecule has 6 nitrogen and oxygen atoms in total. The molecule has 3 rings (SSSR count). The second kappa shape index (κ2) is 12.7. The van der Waals surface area contributed by atoms with Crippen molar-refractivity contribution in [3.05, 3.63) is 42.5 Å². The molecule has 1 aliphatic rings. The Morgan fingerprint density at radius 3 is 2.53 bits per heavy atom. The van der Waals surface area contributed by atoms with Crippen LogP contribution in [0.15, 0.2) is 42.5 Å². The SMILES string of the molecule is CC(C)C(=O)CCCCC[C@H](NC(=O)C1CCCN(C)C1)C(=O)Nc1ccc2ccccc2c1. The van der Waals surface area contributed by atoms with Crippen LogP contribution in [0.1, 0.15) is 58.8 Å². The lowest BCUT2D eigenvalue weighted by atomic mass is 9.96. The van der Waals surface area contributed by atoms with Crippen LogP contribution in [0.2, 0.25) is 0 Å². The summed E-state index contributed by atoms with van der Waals surface area (Å²) in [6, 6.07) is 13.3. The lowest BCUT2D eigenvalue weighted by Gasteiger charge is -2.30. The number of fused-ring (bicyclic) bond motifs is 1. The van der Waals surface area contributed by atoms with Crippen LogP contribution in [0, 0.1) is 11.8 Å². The number of ketones is 1. The van der Waals surface area contributed by atoms with Crippen LogP contribution in [-0.4, -0.2) is 48.7 Å². The number of hydrogen-bond donors (Lipinski definition) is 2. The van der Waals surface area contributed by atoms with Gasteiger partial charge in [-0.25, -0.2) is 0 Å². The van der Waals surface area contributed by atoms with Gasteiger partial charge in [0.25, 0.3) is 0 Å². The number of rotatable bonds is 11. The van der Waals surface area contributed by atoms with E-state index in [4.69, 9.17) is 0 Å². The number of unbranched alkanes of at least 4 members (excludes halogenated alkanes) is 2. The Kier molecular flexibility index (Phi) is 9.63. The van der Waals surface area contributed by atoms with Crippen molar-refractivity contribution < 1.29 is 14.4 Å². The number of nitrogens with zero attached hydrogens (tertiary/aromatic N) is 1. The second-order valence-electron chi connectivity index (χ2n) is 9.93. The van der Waals surface area contributed by atoms with Crippen molar-refractivity contribution in [2.45, 2.75) is 64.8 Å². The molecule has 1 unspecified atom stereocenters. The topological polar surface area (TPSA) is 78.5 Å². The molecule has 2 aromatic carbocycles. The molecule has 1 saturated heterocycles. The maximum absolute atomic E-state index is 13.2. The first kappa shape index (κ1) is 25.9. The summed E-state index contributed by atoms with van der Waals surface area (Å²) < 4.78 is 0. The third-order valence-electron chi connectivity index (χ3n) is 6.71. The quantitative estimate of drug-likeness (QED) is 0.468. The van der Waals surface area contributed by atoms with Crippen LogP contribution in [-0.2, 0) is 14.4 Å². The number of benzene rings is 2. The summed E-state index contributed by atoms with van der Waals surface area (Å²) in [7, 11) is 2.03. The summed E-state index contributed by atoms with van der Waals surface area (Å²) in [6.07, 6.45) is 5.44. The highest BCUT2D eigenvalue weighted by Gasteiger charge is 2.28. The van der Waals surface area contributed by atoms with Gasteiger partial charge in [-0.3, -0.25) is 14.4 Å². The number of anilines is 1. The predicted molar refractivity (Wildman–Crippen MR) is 138 cm³/mol. The highest BCUT2D eigenvalue weighted by molar-refractivity contribution is 5.99. The van der Waals surface area contributed by atoms with Crippen molar-refractivity contribution in [2.75, 3.05) is 25.5 Å². The summed E-state index contributed by atoms with van der Waals surface area (Å²) in [5.74, 6) is 0.0262. The molecular weight excluding hydrogens is 426 g/mol. The molecule has 34 heavy (non-hydrogen) atoms. The first-order chi connectivity index (χ1) is 16.3. The van der Waals surface area contributed by atoms with Crippen molar-refractivity contribution in [2.24, 2.45) is 11.8 Å². The summed E-state index contributed by atoms with van der Waals surface area (Å²) in [4.78, 5) is 40.2. The average Bonchev–Trinajstić information content (AvgIpc) is 2.82. The van der Waals surface area contributed by atoms with E-state index >= 15 is 0 Å². The largest absolute Gasteiger partial charge is 0.344 e. The van der Waals surface area contributed by atoms with Crippen LogP contribution in [0.5, 0.6) is 0 Å². The van der Waals surface area contributed by atoms with Crippen molar-refractivity contribution in [1.82, 2.24) is 10.2 Å². The fraction of sp³-hybridized carbons (Fsp3) is 0.536. The number of amides is 2. The minimum Gasteiger partial charge on any atom is -0.344 e. The molecule has 1 fully saturated rings. The Morgan fingerprint density at radius 2 is 1.79 bits per heavy atom. The van der Waals surface area contributed by atoms with Crippen LogP contribution >= 0.6 is 0 Å². The molecule has 0 aromatic heterocycles. The van der Waals surface area contributed by atoms with E-state index in [1.807, 2.05) is 63.4 Å². The van der Waals surface area contributed by atoms with Crippen molar-refractivity contribution in [1.29, 1.82) is 0 Å². The molecule has 1 aliphatic heterocycles. The molecule has 0 spiro atoms. The summed E-state index contributed by atoms with van der Waals surface area (Å²) >= 11 is 0. The molecular formula is C28H39N3O3. The lowest BCUT2D eigenvalue weighted by Crippen LogP contribution is -2.49. The van der Waals surface area contributed by atoms with Gasteiger partial charge in [0.05, 0.1) is 5.92 Å². The number of piperidine rings is 1. The molecule has 0 bridgehead atoms. The molecule has 2 amide bonds. The number of nitrogens with one attached hydrogen (secondary N) is 2. The Balaban J connectivity index is 1.61. The Hall–Kier alpha value is -2.73. The lowest BCUT2D eigenvalue weighted by molar-refractivity contribution is -0.130. The molecule has 0 aliphatic carbocycles. The van der Waals surface area contributed by atoms with Gasteiger partial charge in [-0.2, -0.15) is 0 Å². The van der Waals surface area contributed by atoms with E-state index in [9.17, 15) is 14.4 Å². The number of likely N-dealkylation sites (tertiary alicyclic amines) is 1. The number of carbonyl (C=O) groups excluding carboxylic acids is 3. The molecule has 184 valence electrons. The van der Waals surface area contributed by atoms with E-state index in [0.29, 0.717) is 12.8 Å². The first-order valence-electron chi connectivity index (χ1n) is 12.6. The third kappa shape index (κ3) is 7.66. The average molecular weight is 466 g/mol. The fourth-order valence-electron chi connectivity index (χ4n) is 4.55. The van der Waals surface area contributed by atoms with Gasteiger partial charge < -0.3 is 15.5 Å². The first-order valence-corrected chi connectivity index (χ1v) is 12.6.